The summed E-state index contributed by atoms with van der Waals surface area (Å²) in [4.78, 5) is 13.4. The lowest BCUT2D eigenvalue weighted by Crippen LogP contribution is -2.23. The van der Waals surface area contributed by atoms with Crippen molar-refractivity contribution < 1.29 is 4.92 Å². The zero-order valence-electron chi connectivity index (χ0n) is 13.3. The van der Waals surface area contributed by atoms with Crippen molar-refractivity contribution in [1.29, 1.82) is 0 Å². The Morgan fingerprint density at radius 2 is 2.24 bits per heavy atom. The smallest absolute Gasteiger partial charge is 0.334 e. The Kier molecular flexibility index (Phi) is 4.82. The van der Waals surface area contributed by atoms with Gasteiger partial charge in [0, 0.05) is 26.1 Å². The van der Waals surface area contributed by atoms with Crippen molar-refractivity contribution in [1.82, 2.24) is 14.7 Å². The van der Waals surface area contributed by atoms with Gasteiger partial charge in [-0.1, -0.05) is 20.8 Å². The maximum atomic E-state index is 11.4. The molecule has 2 heterocycles. The van der Waals surface area contributed by atoms with E-state index in [0.29, 0.717) is 17.4 Å². The summed E-state index contributed by atoms with van der Waals surface area (Å²) in [7, 11) is 1.76. The number of nitrogens with one attached hydrogen (secondary N) is 1. The molecule has 7 nitrogen and oxygen atoms in total. The predicted octanol–water partition coefficient (Wildman–Crippen LogP) is 2.21. The minimum absolute atomic E-state index is 0.0363. The van der Waals surface area contributed by atoms with Crippen LogP contribution in [0.2, 0.25) is 0 Å². The zero-order chi connectivity index (χ0) is 15.6. The molecule has 0 saturated carbocycles. The molecule has 1 aliphatic rings. The second kappa shape index (κ2) is 6.43. The fraction of sp³-hybridized carbons (Fsp3) is 0.786. The molecule has 1 atom stereocenters. The molecule has 0 spiro atoms. The van der Waals surface area contributed by atoms with Crippen molar-refractivity contribution in [3.63, 3.8) is 0 Å². The van der Waals surface area contributed by atoms with Gasteiger partial charge in [-0.2, -0.15) is 5.10 Å². The molecule has 1 aliphatic heterocycles. The molecule has 0 aromatic carbocycles. The second-order valence-corrected chi connectivity index (χ2v) is 6.05. The second-order valence-electron chi connectivity index (χ2n) is 6.05. The molecule has 2 rings (SSSR count). The van der Waals surface area contributed by atoms with Crippen LogP contribution in [0.5, 0.6) is 0 Å². The zero-order valence-corrected chi connectivity index (χ0v) is 13.3. The van der Waals surface area contributed by atoms with Gasteiger partial charge >= 0.3 is 5.69 Å². The van der Waals surface area contributed by atoms with Crippen LogP contribution >= 0.6 is 0 Å². The van der Waals surface area contributed by atoms with Crippen molar-refractivity contribution in [3.8, 4) is 0 Å². The normalized spacial score (nSPS) is 19.4. The van der Waals surface area contributed by atoms with E-state index in [1.54, 1.807) is 11.7 Å². The minimum atomic E-state index is -0.322. The van der Waals surface area contributed by atoms with E-state index >= 15 is 0 Å². The van der Waals surface area contributed by atoms with E-state index in [4.69, 9.17) is 0 Å². The summed E-state index contributed by atoms with van der Waals surface area (Å²) in [6.07, 6.45) is 1.14. The molecule has 1 aromatic rings. The molecule has 0 amide bonds. The van der Waals surface area contributed by atoms with E-state index in [-0.39, 0.29) is 16.5 Å². The van der Waals surface area contributed by atoms with Gasteiger partial charge in [-0.05, 0) is 25.4 Å². The average molecular weight is 295 g/mol. The van der Waals surface area contributed by atoms with Crippen LogP contribution in [-0.4, -0.2) is 45.8 Å². The third kappa shape index (κ3) is 3.34. The van der Waals surface area contributed by atoms with Crippen LogP contribution in [0.15, 0.2) is 0 Å². The Bertz CT molecular complexity index is 512. The van der Waals surface area contributed by atoms with E-state index in [0.717, 1.165) is 32.6 Å². The first-order valence-corrected chi connectivity index (χ1v) is 7.61. The Labute approximate surface area is 125 Å². The van der Waals surface area contributed by atoms with Crippen molar-refractivity contribution in [2.75, 3.05) is 31.5 Å². The number of aryl methyl sites for hydroxylation is 1. The summed E-state index contributed by atoms with van der Waals surface area (Å²) < 4.78 is 1.60. The van der Waals surface area contributed by atoms with Gasteiger partial charge in [0.2, 0.25) is 5.82 Å². The topological polar surface area (TPSA) is 76.2 Å². The number of anilines is 1. The molecule has 1 aromatic heterocycles. The molecule has 1 saturated heterocycles. The number of hydrogen-bond acceptors (Lipinski definition) is 5. The summed E-state index contributed by atoms with van der Waals surface area (Å²) in [6.45, 7) is 10.0. The fourth-order valence-corrected chi connectivity index (χ4v) is 2.91. The summed E-state index contributed by atoms with van der Waals surface area (Å²) in [5.74, 6) is 1.11. The van der Waals surface area contributed by atoms with E-state index in [9.17, 15) is 10.1 Å². The number of likely N-dealkylation sites (tertiary alicyclic amines) is 1. The standard InChI is InChI=1S/C14H25N5O2/c1-5-18-7-6-11(9-18)8-15-14-13(19(20)21)12(10(2)3)16-17(14)4/h10-11,15H,5-9H2,1-4H3. The lowest BCUT2D eigenvalue weighted by atomic mass is 10.1. The van der Waals surface area contributed by atoms with Gasteiger partial charge in [-0.3, -0.25) is 10.1 Å². The van der Waals surface area contributed by atoms with E-state index in [1.165, 1.54) is 0 Å². The Balaban J connectivity index is 2.11. The molecule has 1 unspecified atom stereocenters. The van der Waals surface area contributed by atoms with E-state index in [1.807, 2.05) is 13.8 Å². The highest BCUT2D eigenvalue weighted by atomic mass is 16.6. The van der Waals surface area contributed by atoms with Gasteiger partial charge in [0.05, 0.1) is 4.92 Å². The number of hydrogen-bond donors (Lipinski definition) is 1. The lowest BCUT2D eigenvalue weighted by Gasteiger charge is -2.14. The molecule has 1 N–H and O–H groups in total. The highest BCUT2D eigenvalue weighted by Gasteiger charge is 2.29. The molecular weight excluding hydrogens is 270 g/mol. The minimum Gasteiger partial charge on any atom is -0.364 e. The Morgan fingerprint density at radius 3 is 2.76 bits per heavy atom. The first kappa shape index (κ1) is 15.8. The average Bonchev–Trinajstić information content (AvgIpc) is 3.00. The van der Waals surface area contributed by atoms with Gasteiger partial charge in [0.25, 0.3) is 0 Å². The summed E-state index contributed by atoms with van der Waals surface area (Å²) in [6, 6.07) is 0. The molecule has 0 aliphatic carbocycles. The van der Waals surface area contributed by atoms with Crippen LogP contribution in [0.4, 0.5) is 11.5 Å². The fourth-order valence-electron chi connectivity index (χ4n) is 2.91. The van der Waals surface area contributed by atoms with Crippen LogP contribution in [0.3, 0.4) is 0 Å². The third-order valence-corrected chi connectivity index (χ3v) is 4.15. The van der Waals surface area contributed by atoms with Gasteiger partial charge in [-0.25, -0.2) is 4.68 Å². The van der Waals surface area contributed by atoms with Gasteiger partial charge in [0.15, 0.2) is 0 Å². The number of rotatable bonds is 6. The number of aromatic nitrogens is 2. The van der Waals surface area contributed by atoms with E-state index < -0.39 is 0 Å². The largest absolute Gasteiger partial charge is 0.364 e. The maximum Gasteiger partial charge on any atom is 0.334 e. The summed E-state index contributed by atoms with van der Waals surface area (Å²) >= 11 is 0. The van der Waals surface area contributed by atoms with Crippen molar-refractivity contribution >= 4 is 11.5 Å². The highest BCUT2D eigenvalue weighted by molar-refractivity contribution is 5.60. The third-order valence-electron chi connectivity index (χ3n) is 4.15. The van der Waals surface area contributed by atoms with E-state index in [2.05, 4.69) is 22.2 Å². The Hall–Kier alpha value is -1.63. The van der Waals surface area contributed by atoms with Crippen LogP contribution in [-0.2, 0) is 7.05 Å². The first-order chi connectivity index (χ1) is 9.93. The quantitative estimate of drug-likeness (QED) is 0.643. The van der Waals surface area contributed by atoms with Crippen LogP contribution < -0.4 is 5.32 Å². The van der Waals surface area contributed by atoms with Crippen molar-refractivity contribution in [3.05, 3.63) is 15.8 Å². The van der Waals surface area contributed by atoms with Gasteiger partial charge in [0.1, 0.15) is 5.69 Å². The van der Waals surface area contributed by atoms with Crippen LogP contribution in [0.1, 0.15) is 38.8 Å². The highest BCUT2D eigenvalue weighted by Crippen LogP contribution is 2.33. The SMILES string of the molecule is CCN1CCC(CNc2c([N+](=O)[O-])c(C(C)C)nn2C)C1. The molecule has 0 bridgehead atoms. The van der Waals surface area contributed by atoms with Crippen molar-refractivity contribution in [2.45, 2.75) is 33.1 Å². The van der Waals surface area contributed by atoms with Crippen LogP contribution in [0.25, 0.3) is 0 Å². The number of nitro groups is 1. The molecular formula is C14H25N5O2. The summed E-state index contributed by atoms with van der Waals surface area (Å²) in [5.41, 5.74) is 0.671. The van der Waals surface area contributed by atoms with Gasteiger partial charge < -0.3 is 10.2 Å². The Morgan fingerprint density at radius 1 is 1.52 bits per heavy atom. The van der Waals surface area contributed by atoms with Crippen molar-refractivity contribution in [2.24, 2.45) is 13.0 Å². The molecule has 118 valence electrons. The maximum absolute atomic E-state index is 11.4. The lowest BCUT2D eigenvalue weighted by molar-refractivity contribution is -0.384. The molecule has 7 heteroatoms. The monoisotopic (exact) mass is 295 g/mol. The molecule has 1 fully saturated rings. The molecule has 21 heavy (non-hydrogen) atoms. The number of nitrogens with zero attached hydrogens (tertiary/aromatic N) is 4. The van der Waals surface area contributed by atoms with Gasteiger partial charge in [-0.15, -0.1) is 0 Å². The molecule has 0 radical (unpaired) electrons. The van der Waals surface area contributed by atoms with Crippen LogP contribution in [0, 0.1) is 16.0 Å². The summed E-state index contributed by atoms with van der Waals surface area (Å²) in [5, 5.41) is 18.9. The first-order valence-electron chi connectivity index (χ1n) is 7.61. The predicted molar refractivity (Wildman–Crippen MR) is 82.7 cm³/mol.